The van der Waals surface area contributed by atoms with Gasteiger partial charge in [0.2, 0.25) is 15.9 Å². The Balaban J connectivity index is 1.24. The molecule has 1 amide bonds. The van der Waals surface area contributed by atoms with Crippen molar-refractivity contribution >= 4 is 38.5 Å². The molecule has 2 aliphatic heterocycles. The largest absolute Gasteiger partial charge is 0.349 e. The van der Waals surface area contributed by atoms with Gasteiger partial charge in [0.1, 0.15) is 5.82 Å². The minimum Gasteiger partial charge on any atom is -0.349 e. The maximum atomic E-state index is 13.8. The summed E-state index contributed by atoms with van der Waals surface area (Å²) < 4.78 is 41.6. The van der Waals surface area contributed by atoms with E-state index >= 15 is 0 Å². The van der Waals surface area contributed by atoms with E-state index in [2.05, 4.69) is 5.32 Å². The average molecular weight is 485 g/mol. The maximum absolute atomic E-state index is 13.8. The number of amides is 1. The third-order valence-electron chi connectivity index (χ3n) is 6.51. The summed E-state index contributed by atoms with van der Waals surface area (Å²) in [5.41, 5.74) is 0.830. The van der Waals surface area contributed by atoms with Gasteiger partial charge in [-0.25, -0.2) is 12.8 Å². The van der Waals surface area contributed by atoms with Crippen molar-refractivity contribution in [2.75, 3.05) is 18.8 Å². The van der Waals surface area contributed by atoms with Gasteiger partial charge in [0.15, 0.2) is 0 Å². The summed E-state index contributed by atoms with van der Waals surface area (Å²) in [6, 6.07) is 17.4. The summed E-state index contributed by atoms with van der Waals surface area (Å²) in [5.74, 6) is 0.235. The third kappa shape index (κ3) is 4.52. The molecule has 0 aliphatic carbocycles. The van der Waals surface area contributed by atoms with Crippen LogP contribution >= 0.6 is 11.8 Å². The van der Waals surface area contributed by atoms with Crippen LogP contribution in [0.3, 0.4) is 0 Å². The second-order valence-electron chi connectivity index (χ2n) is 8.57. The van der Waals surface area contributed by atoms with Gasteiger partial charge in [-0.1, -0.05) is 30.3 Å². The first-order valence-corrected chi connectivity index (χ1v) is 13.6. The number of hydrogen-bond donors (Lipinski definition) is 1. The van der Waals surface area contributed by atoms with Gasteiger partial charge in [0.05, 0.1) is 10.9 Å². The summed E-state index contributed by atoms with van der Waals surface area (Å²) in [6.07, 6.45) is 1.69. The molecule has 5 rings (SSSR count). The van der Waals surface area contributed by atoms with Crippen LogP contribution in [0.15, 0.2) is 70.5 Å². The Kier molecular flexibility index (Phi) is 6.16. The lowest BCUT2D eigenvalue weighted by molar-refractivity contribution is -0.126. The molecule has 8 heteroatoms. The number of piperidine rings is 1. The van der Waals surface area contributed by atoms with E-state index < -0.39 is 10.0 Å². The first-order valence-electron chi connectivity index (χ1n) is 11.1. The third-order valence-corrected chi connectivity index (χ3v) is 9.53. The quantitative estimate of drug-likeness (QED) is 0.581. The molecule has 0 saturated carbocycles. The minimum atomic E-state index is -3.62. The Labute approximate surface area is 197 Å². The number of sulfonamides is 1. The van der Waals surface area contributed by atoms with E-state index in [1.165, 1.54) is 16.4 Å². The number of nitrogens with zero attached hydrogens (tertiary/aromatic N) is 1. The number of nitrogens with one attached hydrogen (secondary N) is 1. The summed E-state index contributed by atoms with van der Waals surface area (Å²) in [5, 5.41) is 4.97. The molecule has 172 valence electrons. The van der Waals surface area contributed by atoms with E-state index in [0.29, 0.717) is 25.9 Å². The molecule has 0 spiro atoms. The number of fused-ring (bicyclic) bond motifs is 2. The molecule has 33 heavy (non-hydrogen) atoms. The fourth-order valence-electron chi connectivity index (χ4n) is 4.64. The van der Waals surface area contributed by atoms with Crippen LogP contribution in [-0.4, -0.2) is 37.5 Å². The highest BCUT2D eigenvalue weighted by Gasteiger charge is 2.33. The Hall–Kier alpha value is -2.42. The highest BCUT2D eigenvalue weighted by Crippen LogP contribution is 2.37. The molecule has 1 fully saturated rings. The fourth-order valence-corrected chi connectivity index (χ4v) is 7.25. The second-order valence-corrected chi connectivity index (χ2v) is 11.6. The lowest BCUT2D eigenvalue weighted by Crippen LogP contribution is -2.44. The summed E-state index contributed by atoms with van der Waals surface area (Å²) in [6.45, 7) is 0.609. The number of carbonyl (C=O) groups excluding carboxylic acids is 1. The maximum Gasteiger partial charge on any atom is 0.243 e. The van der Waals surface area contributed by atoms with Gasteiger partial charge in [-0.2, -0.15) is 4.31 Å². The van der Waals surface area contributed by atoms with E-state index in [1.54, 1.807) is 30.0 Å². The van der Waals surface area contributed by atoms with E-state index in [0.717, 1.165) is 33.4 Å². The molecule has 1 unspecified atom stereocenters. The van der Waals surface area contributed by atoms with Crippen molar-refractivity contribution in [3.05, 3.63) is 72.0 Å². The van der Waals surface area contributed by atoms with Crippen LogP contribution in [0.5, 0.6) is 0 Å². The molecule has 1 atom stereocenters. The van der Waals surface area contributed by atoms with Crippen molar-refractivity contribution in [3.63, 3.8) is 0 Å². The second kappa shape index (κ2) is 9.08. The topological polar surface area (TPSA) is 66.5 Å². The standard InChI is InChI=1S/C25H25FN2O3S2/c26-20-6-8-24-22(16-20)23(11-14-32-24)27-25(29)18-9-12-28(13-10-18)33(30,31)21-7-5-17-3-1-2-4-19(17)15-21/h1-8,15-16,18,23H,9-14H2,(H,27,29). The van der Waals surface area contributed by atoms with Gasteiger partial charge in [0, 0.05) is 29.7 Å². The van der Waals surface area contributed by atoms with Crippen molar-refractivity contribution in [1.29, 1.82) is 0 Å². The van der Waals surface area contributed by atoms with Crippen LogP contribution in [0.1, 0.15) is 30.9 Å². The number of thioether (sulfide) groups is 1. The summed E-state index contributed by atoms with van der Waals surface area (Å²) >= 11 is 1.67. The molecular formula is C25H25FN2O3S2. The Morgan fingerprint density at radius 1 is 0.970 bits per heavy atom. The molecule has 0 bridgehead atoms. The zero-order chi connectivity index (χ0) is 23.0. The van der Waals surface area contributed by atoms with E-state index in [4.69, 9.17) is 0 Å². The van der Waals surface area contributed by atoms with Gasteiger partial charge in [-0.05, 0) is 65.9 Å². The van der Waals surface area contributed by atoms with Crippen molar-refractivity contribution in [1.82, 2.24) is 9.62 Å². The molecule has 3 aromatic rings. The molecule has 2 heterocycles. The van der Waals surface area contributed by atoms with Crippen molar-refractivity contribution in [3.8, 4) is 0 Å². The molecule has 1 saturated heterocycles. The fraction of sp³-hybridized carbons (Fsp3) is 0.320. The number of halogens is 1. The normalized spacial score (nSPS) is 19.8. The average Bonchev–Trinajstić information content (AvgIpc) is 2.84. The zero-order valence-corrected chi connectivity index (χ0v) is 19.7. The minimum absolute atomic E-state index is 0.0788. The van der Waals surface area contributed by atoms with Crippen molar-refractivity contribution in [2.45, 2.75) is 35.1 Å². The highest BCUT2D eigenvalue weighted by molar-refractivity contribution is 7.99. The van der Waals surface area contributed by atoms with Crippen LogP contribution in [0.4, 0.5) is 4.39 Å². The van der Waals surface area contributed by atoms with Crippen LogP contribution in [-0.2, 0) is 14.8 Å². The Bertz CT molecular complexity index is 1300. The molecule has 3 aromatic carbocycles. The van der Waals surface area contributed by atoms with Gasteiger partial charge in [-0.15, -0.1) is 11.8 Å². The molecule has 0 radical (unpaired) electrons. The van der Waals surface area contributed by atoms with E-state index in [-0.39, 0.29) is 28.6 Å². The van der Waals surface area contributed by atoms with Crippen LogP contribution < -0.4 is 5.32 Å². The number of carbonyl (C=O) groups is 1. The number of hydrogen-bond acceptors (Lipinski definition) is 4. The van der Waals surface area contributed by atoms with E-state index in [9.17, 15) is 17.6 Å². The number of rotatable bonds is 4. The predicted molar refractivity (Wildman–Crippen MR) is 128 cm³/mol. The predicted octanol–water partition coefficient (Wildman–Crippen LogP) is 4.73. The van der Waals surface area contributed by atoms with Crippen LogP contribution in [0.25, 0.3) is 10.8 Å². The van der Waals surface area contributed by atoms with Gasteiger partial charge >= 0.3 is 0 Å². The van der Waals surface area contributed by atoms with Crippen LogP contribution in [0, 0.1) is 11.7 Å². The van der Waals surface area contributed by atoms with Crippen molar-refractivity contribution < 1.29 is 17.6 Å². The lowest BCUT2D eigenvalue weighted by Gasteiger charge is -2.32. The summed E-state index contributed by atoms with van der Waals surface area (Å²) in [7, 11) is -3.62. The molecular weight excluding hydrogens is 459 g/mol. The summed E-state index contributed by atoms with van der Waals surface area (Å²) in [4.78, 5) is 14.2. The van der Waals surface area contributed by atoms with Gasteiger partial charge < -0.3 is 5.32 Å². The Morgan fingerprint density at radius 3 is 2.52 bits per heavy atom. The van der Waals surface area contributed by atoms with E-state index in [1.807, 2.05) is 30.3 Å². The molecule has 2 aliphatic rings. The van der Waals surface area contributed by atoms with Crippen molar-refractivity contribution in [2.24, 2.45) is 5.92 Å². The van der Waals surface area contributed by atoms with Crippen LogP contribution in [0.2, 0.25) is 0 Å². The first-order chi connectivity index (χ1) is 15.9. The highest BCUT2D eigenvalue weighted by atomic mass is 32.2. The molecule has 5 nitrogen and oxygen atoms in total. The molecule has 0 aromatic heterocycles. The lowest BCUT2D eigenvalue weighted by atomic mass is 9.95. The zero-order valence-electron chi connectivity index (χ0n) is 18.0. The number of benzene rings is 3. The van der Waals surface area contributed by atoms with Gasteiger partial charge in [-0.3, -0.25) is 4.79 Å². The Morgan fingerprint density at radius 2 is 1.73 bits per heavy atom. The smallest absolute Gasteiger partial charge is 0.243 e. The first kappa shape index (κ1) is 22.4. The monoisotopic (exact) mass is 484 g/mol. The molecule has 1 N–H and O–H groups in total. The van der Waals surface area contributed by atoms with Gasteiger partial charge in [0.25, 0.3) is 0 Å². The SMILES string of the molecule is O=C(NC1CCSc2ccc(F)cc21)C1CCN(S(=O)(=O)c2ccc3ccccc3c2)CC1.